The lowest BCUT2D eigenvalue weighted by atomic mass is 10.8. The van der Waals surface area contributed by atoms with Gasteiger partial charge in [0.25, 0.3) is 0 Å². The van der Waals surface area contributed by atoms with E-state index in [-0.39, 0.29) is 0 Å². The predicted molar refractivity (Wildman–Crippen MR) is 48.2 cm³/mol. The second-order valence-corrected chi connectivity index (χ2v) is 4.82. The monoisotopic (exact) mass is 180 g/mol. The van der Waals surface area contributed by atoms with Gasteiger partial charge in [-0.25, -0.2) is 5.01 Å². The summed E-state index contributed by atoms with van der Waals surface area (Å²) in [5, 5.41) is 2.04. The van der Waals surface area contributed by atoms with Crippen LogP contribution >= 0.6 is 34.0 Å². The van der Waals surface area contributed by atoms with Crippen molar-refractivity contribution in [3.63, 3.8) is 0 Å². The van der Waals surface area contributed by atoms with Gasteiger partial charge in [-0.3, -0.25) is 0 Å². The van der Waals surface area contributed by atoms with Gasteiger partial charge in [-0.1, -0.05) is 12.2 Å². The van der Waals surface area contributed by atoms with Crippen molar-refractivity contribution in [1.29, 1.82) is 0 Å². The maximum atomic E-state index is 4.99. The average Bonchev–Trinajstić information content (AvgIpc) is 2.14. The standard InChI is InChI=1S/C4H8N2S3/c1-5(2)6-3-4(7)8-9-6/h3H2,1-2H3. The zero-order valence-corrected chi connectivity index (χ0v) is 7.78. The molecule has 9 heavy (non-hydrogen) atoms. The molecule has 0 radical (unpaired) electrons. The third kappa shape index (κ3) is 2.09. The molecule has 0 aromatic heterocycles. The topological polar surface area (TPSA) is 6.48 Å². The summed E-state index contributed by atoms with van der Waals surface area (Å²) < 4.78 is 3.18. The number of hydrazine groups is 1. The van der Waals surface area contributed by atoms with Crippen LogP contribution < -0.4 is 0 Å². The van der Waals surface area contributed by atoms with Gasteiger partial charge in [-0.05, 0) is 10.8 Å². The third-order valence-corrected chi connectivity index (χ3v) is 3.98. The van der Waals surface area contributed by atoms with E-state index in [4.69, 9.17) is 12.2 Å². The molecule has 0 bridgehead atoms. The molecule has 0 spiro atoms. The van der Waals surface area contributed by atoms with E-state index < -0.39 is 0 Å². The maximum Gasteiger partial charge on any atom is 0.0765 e. The molecule has 0 aliphatic carbocycles. The minimum absolute atomic E-state index is 0.900. The van der Waals surface area contributed by atoms with Crippen LogP contribution in [0, 0.1) is 0 Å². The van der Waals surface area contributed by atoms with Crippen LogP contribution in [0.5, 0.6) is 0 Å². The molecular formula is C4H8N2S3. The van der Waals surface area contributed by atoms with E-state index in [0.717, 1.165) is 10.7 Å². The summed E-state index contributed by atoms with van der Waals surface area (Å²) in [6.07, 6.45) is 0. The first kappa shape index (κ1) is 7.81. The van der Waals surface area contributed by atoms with Gasteiger partial charge in [-0.2, -0.15) is 4.41 Å². The number of hydrogen-bond donors (Lipinski definition) is 0. The van der Waals surface area contributed by atoms with Crippen LogP contribution in [0.25, 0.3) is 0 Å². The Morgan fingerprint density at radius 2 is 2.33 bits per heavy atom. The normalized spacial score (nSPS) is 21.9. The Bertz CT molecular complexity index is 125. The Morgan fingerprint density at radius 1 is 1.67 bits per heavy atom. The molecule has 0 unspecified atom stereocenters. The van der Waals surface area contributed by atoms with Crippen LogP contribution in [-0.2, 0) is 0 Å². The molecule has 0 amide bonds. The van der Waals surface area contributed by atoms with Gasteiger partial charge in [0.05, 0.1) is 10.7 Å². The summed E-state index contributed by atoms with van der Waals surface area (Å²) in [6.45, 7) is 0.900. The summed E-state index contributed by atoms with van der Waals surface area (Å²) in [7, 11) is 7.39. The van der Waals surface area contributed by atoms with Crippen LogP contribution in [-0.4, -0.2) is 34.3 Å². The fraction of sp³-hybridized carbons (Fsp3) is 0.750. The molecule has 1 saturated heterocycles. The lowest BCUT2D eigenvalue weighted by molar-refractivity contribution is 0.169. The van der Waals surface area contributed by atoms with Gasteiger partial charge >= 0.3 is 0 Å². The molecule has 5 heteroatoms. The van der Waals surface area contributed by atoms with E-state index in [0.29, 0.717) is 0 Å². The number of rotatable bonds is 1. The lowest BCUT2D eigenvalue weighted by Gasteiger charge is -2.19. The number of nitrogens with zero attached hydrogens (tertiary/aromatic N) is 2. The number of hydrogen-bond acceptors (Lipinski definition) is 5. The first-order valence-electron chi connectivity index (χ1n) is 2.52. The van der Waals surface area contributed by atoms with Gasteiger partial charge in [0.15, 0.2) is 0 Å². The van der Waals surface area contributed by atoms with E-state index in [2.05, 4.69) is 4.41 Å². The smallest absolute Gasteiger partial charge is 0.0765 e. The van der Waals surface area contributed by atoms with Crippen molar-refractivity contribution < 1.29 is 0 Å². The third-order valence-electron chi connectivity index (χ3n) is 0.927. The molecule has 1 aliphatic rings. The highest BCUT2D eigenvalue weighted by atomic mass is 33.1. The fourth-order valence-corrected chi connectivity index (χ4v) is 2.90. The quantitative estimate of drug-likeness (QED) is 0.341. The molecule has 52 valence electrons. The molecule has 1 aliphatic heterocycles. The predicted octanol–water partition coefficient (Wildman–Crippen LogP) is 1.40. The summed E-state index contributed by atoms with van der Waals surface area (Å²) in [4.78, 5) is 0. The zero-order chi connectivity index (χ0) is 6.85. The summed E-state index contributed by atoms with van der Waals surface area (Å²) in [5.41, 5.74) is 0. The first-order chi connectivity index (χ1) is 4.20. The highest BCUT2D eigenvalue weighted by Crippen LogP contribution is 2.35. The largest absolute Gasteiger partial charge is 0.237 e. The second kappa shape index (κ2) is 3.21. The van der Waals surface area contributed by atoms with Crippen LogP contribution in [0.2, 0.25) is 0 Å². The van der Waals surface area contributed by atoms with E-state index in [1.165, 1.54) is 0 Å². The Labute approximate surface area is 68.5 Å². The molecule has 2 nitrogen and oxygen atoms in total. The molecule has 0 N–H and O–H groups in total. The highest BCUT2D eigenvalue weighted by Gasteiger charge is 2.19. The number of thiocarbonyl (C=S) groups is 1. The van der Waals surface area contributed by atoms with E-state index >= 15 is 0 Å². The van der Waals surface area contributed by atoms with Crippen molar-refractivity contribution in [3.05, 3.63) is 0 Å². The van der Waals surface area contributed by atoms with Crippen LogP contribution in [0.15, 0.2) is 0 Å². The van der Waals surface area contributed by atoms with Crippen LogP contribution in [0.4, 0.5) is 0 Å². The molecule has 0 aromatic rings. The van der Waals surface area contributed by atoms with Crippen LogP contribution in [0.1, 0.15) is 0 Å². The molecule has 1 heterocycles. The molecule has 1 fully saturated rings. The summed E-state index contributed by atoms with van der Waals surface area (Å²) >= 11 is 4.99. The molecule has 0 saturated carbocycles. The Balaban J connectivity index is 2.39. The van der Waals surface area contributed by atoms with Gasteiger partial charge in [0, 0.05) is 25.1 Å². The Kier molecular flexibility index (Phi) is 2.78. The van der Waals surface area contributed by atoms with E-state index in [1.807, 2.05) is 19.1 Å². The van der Waals surface area contributed by atoms with Gasteiger partial charge < -0.3 is 0 Å². The van der Waals surface area contributed by atoms with Gasteiger partial charge in [0.2, 0.25) is 0 Å². The lowest BCUT2D eigenvalue weighted by Crippen LogP contribution is -2.29. The molecular weight excluding hydrogens is 172 g/mol. The first-order valence-corrected chi connectivity index (χ1v) is 5.04. The Morgan fingerprint density at radius 3 is 2.56 bits per heavy atom. The molecule has 0 aromatic carbocycles. The molecule has 0 atom stereocenters. The van der Waals surface area contributed by atoms with Crippen LogP contribution in [0.3, 0.4) is 0 Å². The molecule has 1 rings (SSSR count). The van der Waals surface area contributed by atoms with Gasteiger partial charge in [-0.15, -0.1) is 0 Å². The average molecular weight is 180 g/mol. The van der Waals surface area contributed by atoms with Crippen molar-refractivity contribution >= 4 is 38.2 Å². The fourth-order valence-electron chi connectivity index (χ4n) is 0.456. The maximum absolute atomic E-state index is 4.99. The summed E-state index contributed by atoms with van der Waals surface area (Å²) in [6, 6.07) is 0. The minimum Gasteiger partial charge on any atom is -0.237 e. The highest BCUT2D eigenvalue weighted by molar-refractivity contribution is 8.83. The second-order valence-electron chi connectivity index (χ2n) is 1.89. The Hall–Kier alpha value is 0.710. The van der Waals surface area contributed by atoms with Crippen molar-refractivity contribution in [2.45, 2.75) is 0 Å². The SMILES string of the molecule is CN(C)N1CC(=S)SS1. The van der Waals surface area contributed by atoms with E-state index in [9.17, 15) is 0 Å². The van der Waals surface area contributed by atoms with Gasteiger partial charge in [0.1, 0.15) is 0 Å². The van der Waals surface area contributed by atoms with Crippen molar-refractivity contribution in [2.24, 2.45) is 0 Å². The van der Waals surface area contributed by atoms with Crippen molar-refractivity contribution in [1.82, 2.24) is 9.42 Å². The minimum atomic E-state index is 0.900. The van der Waals surface area contributed by atoms with E-state index in [1.54, 1.807) is 21.8 Å². The van der Waals surface area contributed by atoms with Crippen molar-refractivity contribution in [2.75, 3.05) is 20.6 Å². The summed E-state index contributed by atoms with van der Waals surface area (Å²) in [5.74, 6) is 0. The van der Waals surface area contributed by atoms with Crippen molar-refractivity contribution in [3.8, 4) is 0 Å². The zero-order valence-electron chi connectivity index (χ0n) is 5.33.